The van der Waals surface area contributed by atoms with Crippen LogP contribution in [0.5, 0.6) is 0 Å². The number of aromatic nitrogens is 2. The SMILES string of the molecule is CC[C@@]1(O)C(=O)OCc2c1cc1n(c2=O)Cc2cc3c([Si](C)(C)CNC(=O)OC(C)(C)C)cccc3nc2-1. The van der Waals surface area contributed by atoms with Crippen molar-refractivity contribution in [2.24, 2.45) is 0 Å². The number of pyridine rings is 2. The van der Waals surface area contributed by atoms with E-state index in [1.54, 1.807) is 17.6 Å². The average Bonchev–Trinajstić information content (AvgIpc) is 3.20. The number of carbonyl (C=O) groups excluding carboxylic acids is 2. The topological polar surface area (TPSA) is 120 Å². The van der Waals surface area contributed by atoms with Crippen LogP contribution in [0.1, 0.15) is 50.8 Å². The molecule has 4 heterocycles. The van der Waals surface area contributed by atoms with Crippen LogP contribution in [-0.2, 0) is 33.0 Å². The van der Waals surface area contributed by atoms with Crippen molar-refractivity contribution < 1.29 is 24.2 Å². The number of nitrogens with one attached hydrogen (secondary N) is 1. The van der Waals surface area contributed by atoms with Gasteiger partial charge in [-0.3, -0.25) is 4.79 Å². The highest BCUT2D eigenvalue weighted by atomic mass is 28.3. The number of ether oxygens (including phenoxy) is 2. The molecule has 0 aliphatic carbocycles. The molecule has 0 radical (unpaired) electrons. The third kappa shape index (κ3) is 4.21. The van der Waals surface area contributed by atoms with Crippen molar-refractivity contribution in [3.63, 3.8) is 0 Å². The molecule has 200 valence electrons. The van der Waals surface area contributed by atoms with Crippen molar-refractivity contribution in [2.75, 3.05) is 6.17 Å². The predicted molar refractivity (Wildman–Crippen MR) is 146 cm³/mol. The Labute approximate surface area is 221 Å². The number of alkyl carbamates (subject to hydrolysis) is 1. The smallest absolute Gasteiger partial charge is 0.407 e. The molecular formula is C28H33N3O6Si. The summed E-state index contributed by atoms with van der Waals surface area (Å²) in [7, 11) is -2.17. The number of rotatable bonds is 4. The third-order valence-electron chi connectivity index (χ3n) is 7.35. The van der Waals surface area contributed by atoms with Crippen molar-refractivity contribution >= 4 is 36.2 Å². The van der Waals surface area contributed by atoms with Gasteiger partial charge in [-0.2, -0.15) is 0 Å². The summed E-state index contributed by atoms with van der Waals surface area (Å²) in [6.45, 7) is 11.7. The molecule has 0 spiro atoms. The predicted octanol–water partition coefficient (Wildman–Crippen LogP) is 3.06. The van der Waals surface area contributed by atoms with Gasteiger partial charge in [0.25, 0.3) is 5.56 Å². The number of hydrogen-bond donors (Lipinski definition) is 2. The Kier molecular flexibility index (Phi) is 6.03. The molecule has 1 amide bonds. The maximum Gasteiger partial charge on any atom is 0.407 e. The second-order valence-corrected chi connectivity index (χ2v) is 16.4. The second kappa shape index (κ2) is 8.77. The molecule has 1 aromatic carbocycles. The van der Waals surface area contributed by atoms with Crippen LogP contribution in [-0.4, -0.2) is 46.6 Å². The Hall–Kier alpha value is -3.50. The fourth-order valence-electron chi connectivity index (χ4n) is 5.30. The largest absolute Gasteiger partial charge is 0.458 e. The van der Waals surface area contributed by atoms with Gasteiger partial charge in [0.1, 0.15) is 20.3 Å². The van der Waals surface area contributed by atoms with Crippen molar-refractivity contribution in [3.05, 3.63) is 57.4 Å². The maximum atomic E-state index is 13.4. The van der Waals surface area contributed by atoms with Crippen molar-refractivity contribution in [1.29, 1.82) is 0 Å². The molecule has 2 aromatic heterocycles. The summed E-state index contributed by atoms with van der Waals surface area (Å²) in [5.41, 5.74) is 0.818. The molecule has 0 saturated carbocycles. The van der Waals surface area contributed by atoms with Gasteiger partial charge >= 0.3 is 12.1 Å². The molecule has 0 fully saturated rings. The number of esters is 1. The number of hydrogen-bond acceptors (Lipinski definition) is 7. The Morgan fingerprint density at radius 2 is 2.00 bits per heavy atom. The van der Waals surface area contributed by atoms with Gasteiger partial charge < -0.3 is 24.5 Å². The van der Waals surface area contributed by atoms with E-state index in [9.17, 15) is 19.5 Å². The van der Waals surface area contributed by atoms with Gasteiger partial charge in [-0.05, 0) is 56.0 Å². The molecule has 9 nitrogen and oxygen atoms in total. The van der Waals surface area contributed by atoms with Crippen LogP contribution < -0.4 is 16.1 Å². The highest BCUT2D eigenvalue weighted by Gasteiger charge is 2.45. The van der Waals surface area contributed by atoms with E-state index in [4.69, 9.17) is 14.5 Å². The lowest BCUT2D eigenvalue weighted by Gasteiger charge is -2.31. The normalized spacial score (nSPS) is 18.4. The van der Waals surface area contributed by atoms with Gasteiger partial charge in [-0.25, -0.2) is 14.6 Å². The van der Waals surface area contributed by atoms with Crippen molar-refractivity contribution in [3.8, 4) is 11.4 Å². The van der Waals surface area contributed by atoms with Crippen LogP contribution in [0, 0.1) is 0 Å². The number of amides is 1. The molecule has 0 bridgehead atoms. The summed E-state index contributed by atoms with van der Waals surface area (Å²) in [5.74, 6) is -0.738. The lowest BCUT2D eigenvalue weighted by molar-refractivity contribution is -0.172. The van der Waals surface area contributed by atoms with Crippen LogP contribution in [0.25, 0.3) is 22.3 Å². The van der Waals surface area contributed by atoms with Crippen molar-refractivity contribution in [2.45, 2.75) is 71.6 Å². The lowest BCUT2D eigenvalue weighted by atomic mass is 9.86. The molecule has 38 heavy (non-hydrogen) atoms. The fraction of sp³-hybridized carbons (Fsp3) is 0.429. The van der Waals surface area contributed by atoms with E-state index in [1.807, 2.05) is 32.9 Å². The van der Waals surface area contributed by atoms with Gasteiger partial charge in [0.15, 0.2) is 5.60 Å². The summed E-state index contributed by atoms with van der Waals surface area (Å²) < 4.78 is 12.2. The number of fused-ring (bicyclic) bond motifs is 5. The fourth-order valence-corrected chi connectivity index (χ4v) is 7.55. The summed E-state index contributed by atoms with van der Waals surface area (Å²) in [4.78, 5) is 43.1. The van der Waals surface area contributed by atoms with Gasteiger partial charge in [0.05, 0.1) is 29.0 Å². The zero-order valence-electron chi connectivity index (χ0n) is 22.6. The summed E-state index contributed by atoms with van der Waals surface area (Å²) in [6, 6.07) is 9.77. The molecule has 0 saturated heterocycles. The van der Waals surface area contributed by atoms with Crippen molar-refractivity contribution in [1.82, 2.24) is 14.9 Å². The van der Waals surface area contributed by atoms with E-state index in [0.29, 0.717) is 35.2 Å². The number of benzene rings is 1. The first-order valence-corrected chi connectivity index (χ1v) is 16.0. The highest BCUT2D eigenvalue weighted by Crippen LogP contribution is 2.38. The van der Waals surface area contributed by atoms with Crippen LogP contribution in [0.2, 0.25) is 13.1 Å². The minimum atomic E-state index is -2.17. The Morgan fingerprint density at radius 1 is 1.26 bits per heavy atom. The molecule has 10 heteroatoms. The first-order valence-electron chi connectivity index (χ1n) is 12.8. The van der Waals surface area contributed by atoms with Gasteiger partial charge in [-0.1, -0.05) is 32.2 Å². The third-order valence-corrected chi connectivity index (χ3v) is 10.3. The highest BCUT2D eigenvalue weighted by molar-refractivity contribution is 6.91. The number of carbonyl (C=O) groups is 2. The van der Waals surface area contributed by atoms with Crippen LogP contribution >= 0.6 is 0 Å². The molecule has 0 unspecified atom stereocenters. The van der Waals surface area contributed by atoms with E-state index in [-0.39, 0.29) is 18.6 Å². The molecule has 5 rings (SSSR count). The lowest BCUT2D eigenvalue weighted by Crippen LogP contribution is -2.52. The molecular weight excluding hydrogens is 502 g/mol. The Bertz CT molecular complexity index is 1550. The van der Waals surface area contributed by atoms with E-state index < -0.39 is 31.3 Å². The summed E-state index contributed by atoms with van der Waals surface area (Å²) in [6.07, 6.45) is 0.152. The minimum absolute atomic E-state index is 0.0974. The zero-order valence-corrected chi connectivity index (χ0v) is 23.6. The van der Waals surface area contributed by atoms with E-state index >= 15 is 0 Å². The Morgan fingerprint density at radius 3 is 2.68 bits per heavy atom. The second-order valence-electron chi connectivity index (χ2n) is 11.7. The molecule has 2 N–H and O–H groups in total. The van der Waals surface area contributed by atoms with Gasteiger partial charge in [0, 0.05) is 17.3 Å². The quantitative estimate of drug-likeness (QED) is 0.304. The zero-order chi connectivity index (χ0) is 27.6. The summed E-state index contributed by atoms with van der Waals surface area (Å²) in [5, 5.41) is 16.1. The van der Waals surface area contributed by atoms with Crippen LogP contribution in [0.15, 0.2) is 35.1 Å². The summed E-state index contributed by atoms with van der Waals surface area (Å²) >= 11 is 0. The molecule has 2 aliphatic rings. The monoisotopic (exact) mass is 535 g/mol. The van der Waals surface area contributed by atoms with Gasteiger partial charge in [-0.15, -0.1) is 0 Å². The average molecular weight is 536 g/mol. The Balaban J connectivity index is 1.56. The van der Waals surface area contributed by atoms with Gasteiger partial charge in [0.2, 0.25) is 0 Å². The molecule has 1 atom stereocenters. The number of aliphatic hydroxyl groups is 1. The molecule has 2 aliphatic heterocycles. The number of nitrogens with zero attached hydrogens (tertiary/aromatic N) is 2. The number of cyclic esters (lactones) is 1. The molecule has 3 aromatic rings. The minimum Gasteiger partial charge on any atom is -0.458 e. The first kappa shape index (κ1) is 26.1. The van der Waals surface area contributed by atoms with E-state index in [1.165, 1.54) is 0 Å². The van der Waals surface area contributed by atoms with E-state index in [2.05, 4.69) is 30.5 Å². The van der Waals surface area contributed by atoms with E-state index in [0.717, 1.165) is 21.7 Å². The standard InChI is InChI=1S/C28H33N3O6Si/c1-7-28(35)19-12-21-23-16(13-31(21)24(32)18(19)14-36-25(28)33)11-17-20(30-23)9-8-10-22(17)38(5,6)15-29-26(34)37-27(2,3)4/h8-12,35H,7,13-15H2,1-6H3,(H,29,34)/t28-/m0/s1. The van der Waals surface area contributed by atoms with Crippen LogP contribution in [0.4, 0.5) is 4.79 Å². The first-order chi connectivity index (χ1) is 17.7. The maximum absolute atomic E-state index is 13.4. The van der Waals surface area contributed by atoms with Crippen LogP contribution in [0.3, 0.4) is 0 Å².